The van der Waals surface area contributed by atoms with Gasteiger partial charge in [0.15, 0.2) is 0 Å². The van der Waals surface area contributed by atoms with E-state index in [2.05, 4.69) is 28.8 Å². The number of fused-ring (bicyclic) bond motifs is 1. The number of aromatic nitrogens is 2. The maximum absolute atomic E-state index is 12.8. The maximum atomic E-state index is 12.8. The molecule has 0 unspecified atom stereocenters. The van der Waals surface area contributed by atoms with E-state index in [4.69, 9.17) is 0 Å². The molecule has 0 amide bonds. The lowest BCUT2D eigenvalue weighted by atomic mass is 10.2. The molecule has 0 radical (unpaired) electrons. The lowest BCUT2D eigenvalue weighted by molar-refractivity contribution is 0.315. The maximum Gasteiger partial charge on any atom is 0.138 e. The van der Waals surface area contributed by atoms with Crippen LogP contribution < -0.4 is 0 Å². The molecule has 3 nitrogen and oxygen atoms in total. The van der Waals surface area contributed by atoms with E-state index in [9.17, 15) is 4.39 Å². The van der Waals surface area contributed by atoms with E-state index in [1.807, 2.05) is 13.8 Å². The van der Waals surface area contributed by atoms with Gasteiger partial charge in [-0.1, -0.05) is 34.1 Å². The van der Waals surface area contributed by atoms with Crippen LogP contribution in [0, 0.1) is 12.7 Å². The lowest BCUT2D eigenvalue weighted by Gasteiger charge is -1.91. The van der Waals surface area contributed by atoms with Crippen molar-refractivity contribution in [3.8, 4) is 0 Å². The van der Waals surface area contributed by atoms with Gasteiger partial charge in [0.2, 0.25) is 0 Å². The fourth-order valence-electron chi connectivity index (χ4n) is 0.910. The highest BCUT2D eigenvalue weighted by Gasteiger charge is 2.03. The first kappa shape index (κ1) is 14.6. The highest BCUT2D eigenvalue weighted by Crippen LogP contribution is 2.14. The number of aryl methyl sites for hydroxylation is 1. The van der Waals surface area contributed by atoms with Gasteiger partial charge in [0.25, 0.3) is 0 Å². The van der Waals surface area contributed by atoms with Crippen LogP contribution in [-0.2, 0) is 0 Å². The van der Waals surface area contributed by atoms with Crippen molar-refractivity contribution in [3.05, 3.63) is 23.5 Å². The van der Waals surface area contributed by atoms with Gasteiger partial charge in [0.1, 0.15) is 16.9 Å². The van der Waals surface area contributed by atoms with Crippen LogP contribution in [0.25, 0.3) is 11.0 Å². The standard InChI is InChI=1S/C7H5FN2O.C3H8.C2H6/c1-4-2-6-7(3-5(4)8)10-11-9-6;1-3-2;1-2/h2-3H,1H3;3H2,1-2H3;1-2H3. The summed E-state index contributed by atoms with van der Waals surface area (Å²) in [4.78, 5) is 0. The van der Waals surface area contributed by atoms with Crippen LogP contribution in [0.15, 0.2) is 16.8 Å². The Morgan fingerprint density at radius 1 is 1.12 bits per heavy atom. The summed E-state index contributed by atoms with van der Waals surface area (Å²) in [6.07, 6.45) is 1.25. The molecule has 0 bridgehead atoms. The normalized spacial score (nSPS) is 8.88. The van der Waals surface area contributed by atoms with Gasteiger partial charge in [-0.2, -0.15) is 0 Å². The molecule has 0 aliphatic heterocycles. The molecule has 0 aliphatic rings. The minimum atomic E-state index is -0.284. The summed E-state index contributed by atoms with van der Waals surface area (Å²) in [5.41, 5.74) is 1.59. The third-order valence-electron chi connectivity index (χ3n) is 1.53. The van der Waals surface area contributed by atoms with Gasteiger partial charge in [0.05, 0.1) is 0 Å². The van der Waals surface area contributed by atoms with Crippen molar-refractivity contribution in [2.45, 2.75) is 41.0 Å². The van der Waals surface area contributed by atoms with Crippen LogP contribution in [0.1, 0.15) is 39.7 Å². The van der Waals surface area contributed by atoms with Crippen LogP contribution >= 0.6 is 0 Å². The minimum absolute atomic E-state index is 0.284. The Labute approximate surface area is 95.6 Å². The Hall–Kier alpha value is -1.45. The quantitative estimate of drug-likeness (QED) is 0.678. The molecule has 0 fully saturated rings. The zero-order chi connectivity index (χ0) is 12.6. The van der Waals surface area contributed by atoms with Gasteiger partial charge in [0, 0.05) is 6.07 Å². The molecule has 1 aromatic carbocycles. The molecule has 1 aromatic heterocycles. The van der Waals surface area contributed by atoms with Gasteiger partial charge in [-0.05, 0) is 28.9 Å². The molecule has 0 saturated heterocycles. The predicted molar refractivity (Wildman–Crippen MR) is 63.8 cm³/mol. The number of halogens is 1. The summed E-state index contributed by atoms with van der Waals surface area (Å²) < 4.78 is 17.2. The van der Waals surface area contributed by atoms with Gasteiger partial charge in [-0.25, -0.2) is 9.02 Å². The van der Waals surface area contributed by atoms with Gasteiger partial charge >= 0.3 is 0 Å². The van der Waals surface area contributed by atoms with Crippen LogP contribution in [0.3, 0.4) is 0 Å². The fourth-order valence-corrected chi connectivity index (χ4v) is 0.910. The largest absolute Gasteiger partial charge is 0.243 e. The van der Waals surface area contributed by atoms with Crippen LogP contribution in [-0.4, -0.2) is 10.3 Å². The zero-order valence-electron chi connectivity index (χ0n) is 10.5. The second-order valence-corrected chi connectivity index (χ2v) is 3.06. The average Bonchev–Trinajstić information content (AvgIpc) is 2.70. The molecular weight excluding hydrogens is 207 g/mol. The SMILES string of the molecule is CC.CCC.Cc1cc2nonc2cc1F. The van der Waals surface area contributed by atoms with Crippen molar-refractivity contribution >= 4 is 11.0 Å². The Balaban J connectivity index is 0.000000394. The Kier molecular flexibility index (Phi) is 7.09. The summed E-state index contributed by atoms with van der Waals surface area (Å²) in [5.74, 6) is -0.284. The van der Waals surface area contributed by atoms with E-state index in [0.29, 0.717) is 16.6 Å². The monoisotopic (exact) mass is 226 g/mol. The first-order chi connectivity index (χ1) is 7.69. The molecule has 2 aromatic rings. The molecular formula is C12H19FN2O. The highest BCUT2D eigenvalue weighted by atomic mass is 19.1. The molecule has 0 saturated carbocycles. The van der Waals surface area contributed by atoms with Crippen LogP contribution in [0.5, 0.6) is 0 Å². The van der Waals surface area contributed by atoms with E-state index in [1.54, 1.807) is 13.0 Å². The first-order valence-electron chi connectivity index (χ1n) is 5.57. The Morgan fingerprint density at radius 2 is 1.56 bits per heavy atom. The lowest BCUT2D eigenvalue weighted by Crippen LogP contribution is -1.81. The van der Waals surface area contributed by atoms with Crippen molar-refractivity contribution in [3.63, 3.8) is 0 Å². The first-order valence-corrected chi connectivity index (χ1v) is 5.57. The van der Waals surface area contributed by atoms with Gasteiger partial charge in [-0.3, -0.25) is 0 Å². The van der Waals surface area contributed by atoms with Gasteiger partial charge in [-0.15, -0.1) is 0 Å². The van der Waals surface area contributed by atoms with Gasteiger partial charge < -0.3 is 0 Å². The van der Waals surface area contributed by atoms with Crippen molar-refractivity contribution in [1.82, 2.24) is 10.3 Å². The number of hydrogen-bond acceptors (Lipinski definition) is 3. The molecule has 2 rings (SSSR count). The minimum Gasteiger partial charge on any atom is -0.243 e. The van der Waals surface area contributed by atoms with Crippen molar-refractivity contribution in [2.24, 2.45) is 0 Å². The van der Waals surface area contributed by atoms with E-state index < -0.39 is 0 Å². The second kappa shape index (κ2) is 7.79. The van der Waals surface area contributed by atoms with Crippen molar-refractivity contribution in [1.29, 1.82) is 0 Å². The summed E-state index contributed by atoms with van der Waals surface area (Å²) in [5, 5.41) is 7.06. The van der Waals surface area contributed by atoms with Crippen LogP contribution in [0.2, 0.25) is 0 Å². The van der Waals surface area contributed by atoms with Crippen LogP contribution in [0.4, 0.5) is 4.39 Å². The molecule has 16 heavy (non-hydrogen) atoms. The Bertz CT molecular complexity index is 376. The Morgan fingerprint density at radius 3 is 2.06 bits per heavy atom. The molecule has 0 N–H and O–H groups in total. The fraction of sp³-hybridized carbons (Fsp3) is 0.500. The van der Waals surface area contributed by atoms with E-state index in [0.717, 1.165) is 0 Å². The van der Waals surface area contributed by atoms with E-state index in [1.165, 1.54) is 12.5 Å². The molecule has 4 heteroatoms. The third-order valence-corrected chi connectivity index (χ3v) is 1.53. The number of hydrogen-bond donors (Lipinski definition) is 0. The zero-order valence-corrected chi connectivity index (χ0v) is 10.5. The van der Waals surface area contributed by atoms with Crippen molar-refractivity contribution in [2.75, 3.05) is 0 Å². The van der Waals surface area contributed by atoms with E-state index >= 15 is 0 Å². The van der Waals surface area contributed by atoms with E-state index in [-0.39, 0.29) is 5.82 Å². The molecule has 90 valence electrons. The topological polar surface area (TPSA) is 38.9 Å². The highest BCUT2D eigenvalue weighted by molar-refractivity contribution is 5.73. The summed E-state index contributed by atoms with van der Waals surface area (Å²) in [6.45, 7) is 9.92. The molecule has 0 aliphatic carbocycles. The second-order valence-electron chi connectivity index (χ2n) is 3.06. The molecule has 0 atom stereocenters. The summed E-state index contributed by atoms with van der Waals surface area (Å²) >= 11 is 0. The predicted octanol–water partition coefficient (Wildman–Crippen LogP) is 4.11. The smallest absolute Gasteiger partial charge is 0.138 e. The number of rotatable bonds is 0. The third kappa shape index (κ3) is 3.96. The molecule has 1 heterocycles. The van der Waals surface area contributed by atoms with Crippen molar-refractivity contribution < 1.29 is 9.02 Å². The molecule has 0 spiro atoms. The summed E-state index contributed by atoms with van der Waals surface area (Å²) in [6, 6.07) is 2.91. The summed E-state index contributed by atoms with van der Waals surface area (Å²) in [7, 11) is 0. The number of nitrogens with zero attached hydrogens (tertiary/aromatic N) is 2. The average molecular weight is 226 g/mol. The number of benzene rings is 1.